The summed E-state index contributed by atoms with van der Waals surface area (Å²) in [6, 6.07) is 2.96. The zero-order valence-corrected chi connectivity index (χ0v) is 13.3. The largest absolute Gasteiger partial charge is 0.493 e. The van der Waals surface area contributed by atoms with Gasteiger partial charge in [0.15, 0.2) is 11.5 Å². The summed E-state index contributed by atoms with van der Waals surface area (Å²) in [5.41, 5.74) is 0.335. The van der Waals surface area contributed by atoms with Gasteiger partial charge in [0, 0.05) is 13.0 Å². The van der Waals surface area contributed by atoms with E-state index in [1.54, 1.807) is 19.2 Å². The minimum atomic E-state index is -0.324. The van der Waals surface area contributed by atoms with Crippen LogP contribution in [-0.4, -0.2) is 52.9 Å². The molecular formula is C14H20ClNO5. The highest BCUT2D eigenvalue weighted by Crippen LogP contribution is 2.39. The fourth-order valence-corrected chi connectivity index (χ4v) is 2.04. The van der Waals surface area contributed by atoms with E-state index in [2.05, 4.69) is 5.32 Å². The third-order valence-electron chi connectivity index (χ3n) is 2.84. The Balaban J connectivity index is 3.09. The summed E-state index contributed by atoms with van der Waals surface area (Å²) < 4.78 is 20.7. The summed E-state index contributed by atoms with van der Waals surface area (Å²) in [7, 11) is 6.00. The van der Waals surface area contributed by atoms with E-state index in [9.17, 15) is 4.79 Å². The van der Waals surface area contributed by atoms with Crippen LogP contribution < -0.4 is 19.5 Å². The van der Waals surface area contributed by atoms with Crippen LogP contribution in [0.5, 0.6) is 17.2 Å². The summed E-state index contributed by atoms with van der Waals surface area (Å²) in [6.45, 7) is 0.324. The molecule has 6 nitrogen and oxygen atoms in total. The number of carbonyl (C=O) groups excluding carboxylic acids is 1. The van der Waals surface area contributed by atoms with Gasteiger partial charge in [0.1, 0.15) is 0 Å². The monoisotopic (exact) mass is 317 g/mol. The van der Waals surface area contributed by atoms with E-state index in [0.29, 0.717) is 29.4 Å². The van der Waals surface area contributed by atoms with Crippen molar-refractivity contribution in [3.63, 3.8) is 0 Å². The van der Waals surface area contributed by atoms with Crippen LogP contribution in [0.15, 0.2) is 12.1 Å². The van der Waals surface area contributed by atoms with Crippen LogP contribution in [0, 0.1) is 0 Å². The van der Waals surface area contributed by atoms with Crippen molar-refractivity contribution in [2.75, 3.05) is 40.9 Å². The summed E-state index contributed by atoms with van der Waals surface area (Å²) in [5.74, 6) is 1.07. The smallest absolute Gasteiger partial charge is 0.255 e. The molecular weight excluding hydrogens is 298 g/mol. The van der Waals surface area contributed by atoms with Crippen molar-refractivity contribution in [1.82, 2.24) is 5.32 Å². The molecule has 0 fully saturated rings. The van der Waals surface area contributed by atoms with E-state index in [-0.39, 0.29) is 17.8 Å². The third-order valence-corrected chi connectivity index (χ3v) is 3.21. The maximum Gasteiger partial charge on any atom is 0.255 e. The number of amides is 1. The van der Waals surface area contributed by atoms with Crippen molar-refractivity contribution in [2.24, 2.45) is 0 Å². The van der Waals surface area contributed by atoms with Crippen LogP contribution in [0.1, 0.15) is 10.4 Å². The van der Waals surface area contributed by atoms with Crippen LogP contribution in [0.3, 0.4) is 0 Å². The first-order chi connectivity index (χ1) is 10.1. The molecule has 1 atom stereocenters. The lowest BCUT2D eigenvalue weighted by Crippen LogP contribution is -2.39. The Morgan fingerprint density at radius 2 is 1.81 bits per heavy atom. The summed E-state index contributed by atoms with van der Waals surface area (Å²) >= 11 is 5.79. The fourth-order valence-electron chi connectivity index (χ4n) is 1.87. The lowest BCUT2D eigenvalue weighted by atomic mass is 10.1. The van der Waals surface area contributed by atoms with Gasteiger partial charge in [0.25, 0.3) is 5.91 Å². The lowest BCUT2D eigenvalue weighted by Gasteiger charge is -2.18. The van der Waals surface area contributed by atoms with E-state index in [0.717, 1.165) is 0 Å². The molecule has 1 N–H and O–H groups in total. The first kappa shape index (κ1) is 17.4. The van der Waals surface area contributed by atoms with Gasteiger partial charge in [-0.1, -0.05) is 0 Å². The lowest BCUT2D eigenvalue weighted by molar-refractivity contribution is 0.0903. The summed E-state index contributed by atoms with van der Waals surface area (Å²) in [5, 5.41) is 2.78. The second-order valence-corrected chi connectivity index (χ2v) is 4.47. The molecule has 118 valence electrons. The molecule has 1 aromatic carbocycles. The molecule has 1 amide bonds. The van der Waals surface area contributed by atoms with Crippen molar-refractivity contribution in [1.29, 1.82) is 0 Å². The van der Waals surface area contributed by atoms with Crippen LogP contribution in [-0.2, 0) is 4.74 Å². The van der Waals surface area contributed by atoms with Crippen molar-refractivity contribution in [3.05, 3.63) is 17.7 Å². The van der Waals surface area contributed by atoms with Crippen molar-refractivity contribution in [2.45, 2.75) is 6.04 Å². The van der Waals surface area contributed by atoms with E-state index in [1.807, 2.05) is 0 Å². The van der Waals surface area contributed by atoms with E-state index >= 15 is 0 Å². The van der Waals surface area contributed by atoms with Crippen molar-refractivity contribution < 1.29 is 23.7 Å². The molecule has 0 saturated carbocycles. The molecule has 0 saturated heterocycles. The van der Waals surface area contributed by atoms with Crippen LogP contribution in [0.4, 0.5) is 0 Å². The first-order valence-corrected chi connectivity index (χ1v) is 6.81. The first-order valence-electron chi connectivity index (χ1n) is 6.27. The van der Waals surface area contributed by atoms with Gasteiger partial charge in [-0.2, -0.15) is 0 Å². The number of nitrogens with one attached hydrogen (secondary N) is 1. The molecule has 0 spiro atoms. The van der Waals surface area contributed by atoms with Gasteiger partial charge in [-0.15, -0.1) is 11.6 Å². The van der Waals surface area contributed by atoms with E-state index in [4.69, 9.17) is 30.5 Å². The number of ether oxygens (including phenoxy) is 4. The predicted molar refractivity (Wildman–Crippen MR) is 79.9 cm³/mol. The number of benzene rings is 1. The van der Waals surface area contributed by atoms with Crippen LogP contribution in [0.2, 0.25) is 0 Å². The average molecular weight is 318 g/mol. The van der Waals surface area contributed by atoms with E-state index < -0.39 is 0 Å². The second-order valence-electron chi connectivity index (χ2n) is 4.16. The van der Waals surface area contributed by atoms with Gasteiger partial charge >= 0.3 is 0 Å². The number of hydrogen-bond donors (Lipinski definition) is 1. The molecule has 7 heteroatoms. The average Bonchev–Trinajstić information content (AvgIpc) is 2.52. The third kappa shape index (κ3) is 4.15. The standard InChI is InChI=1S/C14H20ClNO5/c1-18-8-9(7-15)16-14(17)10-5-6-11(19-2)13(21-4)12(10)20-3/h5-6,9H,7-8H2,1-4H3,(H,16,17). The Kier molecular flexibility index (Phi) is 7.11. The maximum atomic E-state index is 12.3. The number of carbonyl (C=O) groups is 1. The van der Waals surface area contributed by atoms with Gasteiger partial charge in [-0.25, -0.2) is 0 Å². The van der Waals surface area contributed by atoms with Gasteiger partial charge in [0.2, 0.25) is 5.75 Å². The molecule has 0 radical (unpaired) electrons. The minimum absolute atomic E-state index is 0.245. The highest BCUT2D eigenvalue weighted by atomic mass is 35.5. The molecule has 0 heterocycles. The van der Waals surface area contributed by atoms with Crippen molar-refractivity contribution in [3.8, 4) is 17.2 Å². The molecule has 1 rings (SSSR count). The fraction of sp³-hybridized carbons (Fsp3) is 0.500. The predicted octanol–water partition coefficient (Wildman–Crippen LogP) is 1.70. The molecule has 1 aromatic rings. The molecule has 0 aliphatic carbocycles. The van der Waals surface area contributed by atoms with E-state index in [1.165, 1.54) is 21.3 Å². The van der Waals surface area contributed by atoms with Crippen LogP contribution >= 0.6 is 11.6 Å². The zero-order chi connectivity index (χ0) is 15.8. The molecule has 1 unspecified atom stereocenters. The Bertz CT molecular complexity index is 481. The van der Waals surface area contributed by atoms with Gasteiger partial charge < -0.3 is 24.3 Å². The number of rotatable bonds is 8. The molecule has 0 aliphatic rings. The van der Waals surface area contributed by atoms with Gasteiger partial charge in [-0.3, -0.25) is 4.79 Å². The summed E-state index contributed by atoms with van der Waals surface area (Å²) in [6.07, 6.45) is 0. The van der Waals surface area contributed by atoms with Gasteiger partial charge in [-0.05, 0) is 12.1 Å². The Morgan fingerprint density at radius 3 is 2.29 bits per heavy atom. The zero-order valence-electron chi connectivity index (χ0n) is 12.6. The van der Waals surface area contributed by atoms with Crippen molar-refractivity contribution >= 4 is 17.5 Å². The second kappa shape index (κ2) is 8.59. The Labute approximate surface area is 129 Å². The minimum Gasteiger partial charge on any atom is -0.493 e. The topological polar surface area (TPSA) is 66.0 Å². The van der Waals surface area contributed by atoms with Gasteiger partial charge in [0.05, 0.1) is 39.5 Å². The maximum absolute atomic E-state index is 12.3. The molecule has 0 bridgehead atoms. The quantitative estimate of drug-likeness (QED) is 0.739. The number of hydrogen-bond acceptors (Lipinski definition) is 5. The molecule has 0 aliphatic heterocycles. The SMILES string of the molecule is COCC(CCl)NC(=O)c1ccc(OC)c(OC)c1OC. The molecule has 0 aromatic heterocycles. The van der Waals surface area contributed by atoms with Crippen LogP contribution in [0.25, 0.3) is 0 Å². The Morgan fingerprint density at radius 1 is 1.14 bits per heavy atom. The number of alkyl halides is 1. The highest BCUT2D eigenvalue weighted by molar-refractivity contribution is 6.18. The molecule has 21 heavy (non-hydrogen) atoms. The number of methoxy groups -OCH3 is 4. The number of halogens is 1. The Hall–Kier alpha value is -1.66. The normalized spacial score (nSPS) is 11.7. The highest BCUT2D eigenvalue weighted by Gasteiger charge is 2.22. The summed E-state index contributed by atoms with van der Waals surface area (Å²) in [4.78, 5) is 12.3.